The lowest BCUT2D eigenvalue weighted by Crippen LogP contribution is -2.26. The fourth-order valence-corrected chi connectivity index (χ4v) is 1.47. The molecule has 0 saturated heterocycles. The first-order valence-electron chi connectivity index (χ1n) is 5.31. The molecule has 1 unspecified atom stereocenters. The van der Waals surface area contributed by atoms with E-state index in [1.54, 1.807) is 12.4 Å². The minimum Gasteiger partial charge on any atom is -0.334 e. The molecule has 6 nitrogen and oxygen atoms in total. The molecule has 0 aromatic carbocycles. The minimum atomic E-state index is -0.251. The maximum Gasteiger partial charge on any atom is 0.259 e. The Morgan fingerprint density at radius 2 is 2.29 bits per heavy atom. The average molecular weight is 233 g/mol. The number of nitrogens with zero attached hydrogens (tertiary/aromatic N) is 4. The van der Waals surface area contributed by atoms with E-state index < -0.39 is 0 Å². The molecule has 90 valence electrons. The molecule has 0 saturated carbocycles. The molecule has 2 rings (SSSR count). The summed E-state index contributed by atoms with van der Waals surface area (Å²) in [6.45, 7) is 0.673. The Bertz CT molecular complexity index is 468. The van der Waals surface area contributed by atoms with Crippen LogP contribution >= 0.6 is 0 Å². The van der Waals surface area contributed by atoms with Crippen molar-refractivity contribution in [1.82, 2.24) is 20.0 Å². The van der Waals surface area contributed by atoms with Crippen molar-refractivity contribution >= 4 is 0 Å². The highest BCUT2D eigenvalue weighted by atomic mass is 16.5. The van der Waals surface area contributed by atoms with Gasteiger partial charge in [0.1, 0.15) is 0 Å². The molecule has 0 spiro atoms. The van der Waals surface area contributed by atoms with Crippen molar-refractivity contribution in [2.75, 3.05) is 20.6 Å². The maximum absolute atomic E-state index is 5.95. The van der Waals surface area contributed by atoms with Crippen molar-refractivity contribution in [3.8, 4) is 11.5 Å². The number of hydrogen-bond acceptors (Lipinski definition) is 6. The van der Waals surface area contributed by atoms with Gasteiger partial charge in [-0.3, -0.25) is 4.98 Å². The van der Waals surface area contributed by atoms with E-state index in [0.717, 1.165) is 5.56 Å². The van der Waals surface area contributed by atoms with Crippen LogP contribution in [0.2, 0.25) is 0 Å². The van der Waals surface area contributed by atoms with Gasteiger partial charge in [0.25, 0.3) is 5.89 Å². The molecule has 0 bridgehead atoms. The second-order valence-electron chi connectivity index (χ2n) is 4.07. The van der Waals surface area contributed by atoms with Crippen molar-refractivity contribution < 1.29 is 4.52 Å². The molecular weight excluding hydrogens is 218 g/mol. The first-order valence-corrected chi connectivity index (χ1v) is 5.31. The van der Waals surface area contributed by atoms with Gasteiger partial charge in [0, 0.05) is 18.9 Å². The second kappa shape index (κ2) is 5.03. The van der Waals surface area contributed by atoms with Crippen molar-refractivity contribution in [3.05, 3.63) is 30.4 Å². The van der Waals surface area contributed by atoms with Crippen LogP contribution in [0.5, 0.6) is 0 Å². The zero-order chi connectivity index (χ0) is 12.3. The highest BCUT2D eigenvalue weighted by Crippen LogP contribution is 2.17. The molecule has 0 radical (unpaired) electrons. The van der Waals surface area contributed by atoms with Crippen LogP contribution in [-0.2, 0) is 0 Å². The molecular formula is C11H15N5O. The molecule has 0 amide bonds. The standard InChI is InChI=1S/C11H15N5O/c1-16(2)7-9(12)10-14-11(17-15-10)8-4-3-5-13-6-8/h3-6,9H,7,12H2,1-2H3. The third-order valence-corrected chi connectivity index (χ3v) is 2.24. The van der Waals surface area contributed by atoms with Crippen LogP contribution in [0.25, 0.3) is 11.5 Å². The zero-order valence-electron chi connectivity index (χ0n) is 9.87. The van der Waals surface area contributed by atoms with Gasteiger partial charge in [-0.2, -0.15) is 4.98 Å². The van der Waals surface area contributed by atoms with Gasteiger partial charge >= 0.3 is 0 Å². The number of rotatable bonds is 4. The fraction of sp³-hybridized carbons (Fsp3) is 0.364. The van der Waals surface area contributed by atoms with Crippen LogP contribution < -0.4 is 5.73 Å². The SMILES string of the molecule is CN(C)CC(N)c1noc(-c2cccnc2)n1. The van der Waals surface area contributed by atoms with Gasteiger partial charge in [-0.25, -0.2) is 0 Å². The van der Waals surface area contributed by atoms with Crippen molar-refractivity contribution in [2.45, 2.75) is 6.04 Å². The van der Waals surface area contributed by atoms with Crippen molar-refractivity contribution in [3.63, 3.8) is 0 Å². The molecule has 2 N–H and O–H groups in total. The van der Waals surface area contributed by atoms with E-state index in [1.807, 2.05) is 31.1 Å². The van der Waals surface area contributed by atoms with Gasteiger partial charge in [-0.1, -0.05) is 5.16 Å². The predicted molar refractivity (Wildman–Crippen MR) is 63.0 cm³/mol. The lowest BCUT2D eigenvalue weighted by molar-refractivity contribution is 0.357. The highest BCUT2D eigenvalue weighted by Gasteiger charge is 2.15. The average Bonchev–Trinajstić information content (AvgIpc) is 2.78. The monoisotopic (exact) mass is 233 g/mol. The summed E-state index contributed by atoms with van der Waals surface area (Å²) in [5, 5.41) is 3.88. The van der Waals surface area contributed by atoms with Crippen LogP contribution in [-0.4, -0.2) is 40.7 Å². The van der Waals surface area contributed by atoms with Gasteiger partial charge in [0.15, 0.2) is 5.82 Å². The summed E-state index contributed by atoms with van der Waals surface area (Å²) < 4.78 is 5.15. The fourth-order valence-electron chi connectivity index (χ4n) is 1.47. The Labute approximate surface area is 99.5 Å². The van der Waals surface area contributed by atoms with Gasteiger partial charge in [-0.05, 0) is 26.2 Å². The smallest absolute Gasteiger partial charge is 0.259 e. The summed E-state index contributed by atoms with van der Waals surface area (Å²) in [5.74, 6) is 0.958. The Morgan fingerprint density at radius 1 is 1.47 bits per heavy atom. The van der Waals surface area contributed by atoms with Gasteiger partial charge < -0.3 is 15.2 Å². The zero-order valence-corrected chi connectivity index (χ0v) is 9.87. The summed E-state index contributed by atoms with van der Waals surface area (Å²) in [7, 11) is 3.89. The second-order valence-corrected chi connectivity index (χ2v) is 4.07. The van der Waals surface area contributed by atoms with E-state index >= 15 is 0 Å². The van der Waals surface area contributed by atoms with E-state index in [2.05, 4.69) is 15.1 Å². The van der Waals surface area contributed by atoms with Gasteiger partial charge in [0.05, 0.1) is 11.6 Å². The third kappa shape index (κ3) is 2.86. The maximum atomic E-state index is 5.95. The van der Waals surface area contributed by atoms with Crippen LogP contribution in [0.15, 0.2) is 29.0 Å². The van der Waals surface area contributed by atoms with Crippen molar-refractivity contribution in [1.29, 1.82) is 0 Å². The lowest BCUT2D eigenvalue weighted by Gasteiger charge is -2.12. The van der Waals surface area contributed by atoms with E-state index in [4.69, 9.17) is 10.3 Å². The van der Waals surface area contributed by atoms with E-state index in [-0.39, 0.29) is 6.04 Å². The summed E-state index contributed by atoms with van der Waals surface area (Å²) in [4.78, 5) is 10.2. The van der Waals surface area contributed by atoms with E-state index in [9.17, 15) is 0 Å². The Hall–Kier alpha value is -1.79. The van der Waals surface area contributed by atoms with Crippen LogP contribution in [0, 0.1) is 0 Å². The van der Waals surface area contributed by atoms with Crippen LogP contribution in [0.4, 0.5) is 0 Å². The molecule has 0 aliphatic carbocycles. The quantitative estimate of drug-likeness (QED) is 0.836. The lowest BCUT2D eigenvalue weighted by atomic mass is 10.2. The summed E-state index contributed by atoms with van der Waals surface area (Å²) >= 11 is 0. The number of hydrogen-bond donors (Lipinski definition) is 1. The molecule has 17 heavy (non-hydrogen) atoms. The first-order chi connectivity index (χ1) is 8.16. The van der Waals surface area contributed by atoms with Gasteiger partial charge in [-0.15, -0.1) is 0 Å². The normalized spacial score (nSPS) is 12.9. The summed E-state index contributed by atoms with van der Waals surface area (Å²) in [5.41, 5.74) is 6.74. The highest BCUT2D eigenvalue weighted by molar-refractivity contribution is 5.50. The molecule has 2 aromatic rings. The van der Waals surface area contributed by atoms with Crippen LogP contribution in [0.1, 0.15) is 11.9 Å². The Morgan fingerprint density at radius 3 is 2.94 bits per heavy atom. The largest absolute Gasteiger partial charge is 0.334 e. The predicted octanol–water partition coefficient (Wildman–Crippen LogP) is 0.693. The topological polar surface area (TPSA) is 81.1 Å². The van der Waals surface area contributed by atoms with Gasteiger partial charge in [0.2, 0.25) is 0 Å². The number of aromatic nitrogens is 3. The summed E-state index contributed by atoms with van der Waals surface area (Å²) in [6, 6.07) is 3.43. The molecule has 0 aliphatic heterocycles. The van der Waals surface area contributed by atoms with E-state index in [0.29, 0.717) is 18.3 Å². The van der Waals surface area contributed by atoms with E-state index in [1.165, 1.54) is 0 Å². The van der Waals surface area contributed by atoms with Crippen LogP contribution in [0.3, 0.4) is 0 Å². The number of likely N-dealkylation sites (N-methyl/N-ethyl adjacent to an activating group) is 1. The minimum absolute atomic E-state index is 0.251. The first kappa shape index (κ1) is 11.7. The molecule has 2 aromatic heterocycles. The molecule has 1 atom stereocenters. The Balaban J connectivity index is 2.16. The molecule has 2 heterocycles. The Kier molecular flexibility index (Phi) is 3.46. The number of nitrogens with two attached hydrogens (primary N) is 1. The third-order valence-electron chi connectivity index (χ3n) is 2.24. The molecule has 0 aliphatic rings. The number of pyridine rings is 1. The molecule has 0 fully saturated rings. The molecule has 6 heteroatoms. The summed E-state index contributed by atoms with van der Waals surface area (Å²) in [6.07, 6.45) is 3.37. The van der Waals surface area contributed by atoms with Crippen molar-refractivity contribution in [2.24, 2.45) is 5.73 Å².